The molecule has 9 N–H and O–H groups in total. The van der Waals surface area contributed by atoms with Crippen molar-refractivity contribution in [2.24, 2.45) is 11.7 Å². The van der Waals surface area contributed by atoms with Gasteiger partial charge in [0.1, 0.15) is 6.23 Å². The van der Waals surface area contributed by atoms with E-state index in [1.807, 2.05) is 0 Å². The fraction of sp³-hybridized carbons (Fsp3) is 0.545. The number of aromatic nitrogens is 4. The molecule has 0 spiro atoms. The standard InChI is InChI=1S/C11H19N6O12P3/c12-2-5-1-7(17-4-14-8-9(17)15-11(13)16-10(8)18)27-6(5)3-26-31(22,23)29-32(24,25)28-30(19,20)21/h4-7H,1-3,12H2,(H,22,23)(H,24,25)(H2,19,20,21)(H3,13,15,16,18). The molecule has 5 atom stereocenters. The maximum absolute atomic E-state index is 11.9. The summed E-state index contributed by atoms with van der Waals surface area (Å²) in [6.07, 6.45) is -0.153. The minimum Gasteiger partial charge on any atom is -0.369 e. The lowest BCUT2D eigenvalue weighted by Crippen LogP contribution is -2.27. The second kappa shape index (κ2) is 9.02. The second-order valence-electron chi connectivity index (χ2n) is 6.52. The van der Waals surface area contributed by atoms with E-state index in [1.54, 1.807) is 0 Å². The van der Waals surface area contributed by atoms with Gasteiger partial charge in [0, 0.05) is 5.92 Å². The van der Waals surface area contributed by atoms with Gasteiger partial charge in [-0.2, -0.15) is 13.6 Å². The molecule has 1 fully saturated rings. The Morgan fingerprint density at radius 2 is 1.91 bits per heavy atom. The molecule has 2 aromatic heterocycles. The molecule has 0 aliphatic carbocycles. The number of ether oxygens (including phenoxy) is 1. The van der Waals surface area contributed by atoms with Crippen LogP contribution in [0.1, 0.15) is 12.6 Å². The van der Waals surface area contributed by atoms with Crippen molar-refractivity contribution in [1.29, 1.82) is 0 Å². The largest absolute Gasteiger partial charge is 0.490 e. The number of nitrogen functional groups attached to an aromatic ring is 1. The van der Waals surface area contributed by atoms with Gasteiger partial charge in [-0.05, 0) is 13.0 Å². The van der Waals surface area contributed by atoms with Crippen LogP contribution in [-0.4, -0.2) is 58.3 Å². The first kappa shape index (κ1) is 25.1. The Morgan fingerprint density at radius 3 is 2.53 bits per heavy atom. The molecule has 0 aromatic carbocycles. The van der Waals surface area contributed by atoms with Crippen LogP contribution in [0.3, 0.4) is 0 Å². The van der Waals surface area contributed by atoms with Crippen LogP contribution in [0.15, 0.2) is 11.1 Å². The zero-order chi connectivity index (χ0) is 23.9. The Kier molecular flexibility index (Phi) is 7.08. The van der Waals surface area contributed by atoms with Crippen molar-refractivity contribution < 1.29 is 51.2 Å². The fourth-order valence-corrected chi connectivity index (χ4v) is 6.04. The minimum atomic E-state index is -5.64. The Balaban J connectivity index is 1.71. The van der Waals surface area contributed by atoms with Crippen LogP contribution in [0.4, 0.5) is 5.95 Å². The molecule has 32 heavy (non-hydrogen) atoms. The van der Waals surface area contributed by atoms with Crippen LogP contribution in [0.5, 0.6) is 0 Å². The number of rotatable bonds is 9. The number of phosphoric acid groups is 3. The van der Waals surface area contributed by atoms with Gasteiger partial charge in [-0.25, -0.2) is 18.7 Å². The van der Waals surface area contributed by atoms with Crippen molar-refractivity contribution in [2.75, 3.05) is 18.9 Å². The van der Waals surface area contributed by atoms with Crippen LogP contribution < -0.4 is 17.0 Å². The van der Waals surface area contributed by atoms with E-state index in [9.17, 15) is 28.3 Å². The molecule has 0 saturated carbocycles. The highest BCUT2D eigenvalue weighted by Crippen LogP contribution is 2.66. The molecule has 1 aliphatic heterocycles. The summed E-state index contributed by atoms with van der Waals surface area (Å²) >= 11 is 0. The van der Waals surface area contributed by atoms with E-state index in [1.165, 1.54) is 10.9 Å². The van der Waals surface area contributed by atoms with Crippen LogP contribution in [-0.2, 0) is 31.6 Å². The fourth-order valence-electron chi connectivity index (χ4n) is 3.01. The van der Waals surface area contributed by atoms with Gasteiger partial charge >= 0.3 is 23.5 Å². The summed E-state index contributed by atoms with van der Waals surface area (Å²) < 4.78 is 53.0. The smallest absolute Gasteiger partial charge is 0.369 e. The Morgan fingerprint density at radius 1 is 1.22 bits per heavy atom. The number of phosphoric ester groups is 1. The number of fused-ring (bicyclic) bond motifs is 1. The van der Waals surface area contributed by atoms with Gasteiger partial charge in [0.25, 0.3) is 5.56 Å². The molecule has 2 aromatic rings. The molecular formula is C11H19N6O12P3. The molecule has 21 heteroatoms. The third-order valence-corrected chi connectivity index (χ3v) is 8.05. The lowest BCUT2D eigenvalue weighted by molar-refractivity contribution is -0.0279. The zero-order valence-electron chi connectivity index (χ0n) is 15.8. The minimum absolute atomic E-state index is 0.00353. The first-order valence-corrected chi connectivity index (χ1v) is 13.1. The van der Waals surface area contributed by atoms with Crippen molar-refractivity contribution in [2.45, 2.75) is 18.8 Å². The van der Waals surface area contributed by atoms with Crippen molar-refractivity contribution in [3.63, 3.8) is 0 Å². The predicted molar refractivity (Wildman–Crippen MR) is 103 cm³/mol. The van der Waals surface area contributed by atoms with Gasteiger partial charge in [0.2, 0.25) is 5.95 Å². The average Bonchev–Trinajstić information content (AvgIpc) is 3.20. The van der Waals surface area contributed by atoms with Crippen molar-refractivity contribution in [3.05, 3.63) is 16.7 Å². The molecule has 5 unspecified atom stereocenters. The van der Waals surface area contributed by atoms with Gasteiger partial charge in [-0.1, -0.05) is 0 Å². The lowest BCUT2D eigenvalue weighted by Gasteiger charge is -2.20. The first-order chi connectivity index (χ1) is 14.7. The Bertz CT molecular complexity index is 1190. The number of nitrogens with one attached hydrogen (secondary N) is 1. The highest BCUT2D eigenvalue weighted by Gasteiger charge is 2.43. The molecule has 3 rings (SSSR count). The highest BCUT2D eigenvalue weighted by atomic mass is 31.3. The van der Waals surface area contributed by atoms with E-state index in [0.717, 1.165) is 0 Å². The summed E-state index contributed by atoms with van der Waals surface area (Å²) in [4.78, 5) is 58.0. The number of hydrogen-bond donors (Lipinski definition) is 7. The topological polar surface area (TPSA) is 285 Å². The summed E-state index contributed by atoms with van der Waals surface area (Å²) in [7, 11) is -16.5. The molecule has 0 amide bonds. The van der Waals surface area contributed by atoms with Crippen molar-refractivity contribution >= 4 is 40.6 Å². The molecule has 0 bridgehead atoms. The van der Waals surface area contributed by atoms with Crippen LogP contribution in [0, 0.1) is 5.92 Å². The number of H-pyrrole nitrogens is 1. The highest BCUT2D eigenvalue weighted by molar-refractivity contribution is 7.66. The normalized spacial score (nSPS) is 25.6. The third-order valence-electron chi connectivity index (χ3n) is 4.24. The van der Waals surface area contributed by atoms with Crippen molar-refractivity contribution in [3.8, 4) is 0 Å². The summed E-state index contributed by atoms with van der Waals surface area (Å²) in [5, 5.41) is 0. The van der Waals surface area contributed by atoms with E-state index in [4.69, 9.17) is 26.0 Å². The van der Waals surface area contributed by atoms with Gasteiger partial charge in [0.15, 0.2) is 11.2 Å². The third kappa shape index (κ3) is 6.08. The second-order valence-corrected chi connectivity index (χ2v) is 10.9. The van der Waals surface area contributed by atoms with Gasteiger partial charge in [0.05, 0.1) is 19.0 Å². The number of imidazole rings is 1. The number of anilines is 1. The van der Waals surface area contributed by atoms with Gasteiger partial charge in [-0.15, -0.1) is 0 Å². The SMILES string of the molecule is NCC1CC(n2cnc3c(=O)[nH]c(N)nc32)OC1COP(=O)(O)OP(=O)(O)OP(=O)(O)O. The number of hydrogen-bond acceptors (Lipinski definition) is 12. The maximum atomic E-state index is 11.9. The van der Waals surface area contributed by atoms with E-state index < -0.39 is 53.9 Å². The van der Waals surface area contributed by atoms with E-state index >= 15 is 0 Å². The van der Waals surface area contributed by atoms with Crippen LogP contribution in [0.2, 0.25) is 0 Å². The number of nitrogens with zero attached hydrogens (tertiary/aromatic N) is 3. The average molecular weight is 520 g/mol. The monoisotopic (exact) mass is 520 g/mol. The molecule has 3 heterocycles. The number of aromatic amines is 1. The Labute approximate surface area is 177 Å². The number of nitrogens with two attached hydrogens (primary N) is 2. The molecule has 1 aliphatic rings. The van der Waals surface area contributed by atoms with Crippen LogP contribution in [0.25, 0.3) is 11.2 Å². The first-order valence-electron chi connectivity index (χ1n) is 8.56. The van der Waals surface area contributed by atoms with Gasteiger partial charge < -0.3 is 35.8 Å². The summed E-state index contributed by atoms with van der Waals surface area (Å²) in [5.74, 6) is -0.592. The summed E-state index contributed by atoms with van der Waals surface area (Å²) in [5.41, 5.74) is 10.8. The van der Waals surface area contributed by atoms with E-state index in [0.29, 0.717) is 0 Å². The quantitative estimate of drug-likeness (QED) is 0.193. The zero-order valence-corrected chi connectivity index (χ0v) is 18.5. The summed E-state index contributed by atoms with van der Waals surface area (Å²) in [6.45, 7) is -0.617. The Hall–Kier alpha value is -1.52. The lowest BCUT2D eigenvalue weighted by atomic mass is 10.0. The molecular weight excluding hydrogens is 501 g/mol. The summed E-state index contributed by atoms with van der Waals surface area (Å²) in [6, 6.07) is 0. The predicted octanol–water partition coefficient (Wildman–Crippen LogP) is -1.09. The molecule has 0 radical (unpaired) electrons. The molecule has 1 saturated heterocycles. The van der Waals surface area contributed by atoms with Gasteiger partial charge in [-0.3, -0.25) is 18.9 Å². The maximum Gasteiger partial charge on any atom is 0.490 e. The molecule has 180 valence electrons. The van der Waals surface area contributed by atoms with E-state index in [-0.39, 0.29) is 30.1 Å². The van der Waals surface area contributed by atoms with Crippen molar-refractivity contribution in [1.82, 2.24) is 19.5 Å². The molecule has 18 nitrogen and oxygen atoms in total. The van der Waals surface area contributed by atoms with Crippen LogP contribution >= 0.6 is 23.5 Å². The van der Waals surface area contributed by atoms with E-state index in [2.05, 4.69) is 28.1 Å².